The molecule has 6 rings (SSSR count). The maximum absolute atomic E-state index is 5.90. The molecule has 0 amide bonds. The van der Waals surface area contributed by atoms with Crippen molar-refractivity contribution >= 4 is 28.3 Å². The van der Waals surface area contributed by atoms with Crippen LogP contribution < -0.4 is 10.2 Å². The zero-order valence-corrected chi connectivity index (χ0v) is 19.9. The Labute approximate surface area is 204 Å². The van der Waals surface area contributed by atoms with E-state index in [2.05, 4.69) is 32.3 Å². The normalized spacial score (nSPS) is 17.7. The Balaban J connectivity index is 1.37. The zero-order valence-electron chi connectivity index (χ0n) is 19.9. The van der Waals surface area contributed by atoms with E-state index in [9.17, 15) is 0 Å². The molecule has 0 radical (unpaired) electrons. The van der Waals surface area contributed by atoms with Crippen molar-refractivity contribution in [3.8, 4) is 11.4 Å². The zero-order chi connectivity index (χ0) is 23.6. The molecule has 2 aliphatic heterocycles. The number of nitrogens with one attached hydrogen (secondary N) is 1. The number of pyridine rings is 1. The van der Waals surface area contributed by atoms with Gasteiger partial charge in [-0.2, -0.15) is 0 Å². The van der Waals surface area contributed by atoms with Crippen LogP contribution in [-0.2, 0) is 4.74 Å². The van der Waals surface area contributed by atoms with Crippen molar-refractivity contribution in [3.63, 3.8) is 0 Å². The summed E-state index contributed by atoms with van der Waals surface area (Å²) in [7, 11) is 2.17. The number of benzene rings is 1. The first kappa shape index (κ1) is 21.9. The molecule has 0 unspecified atom stereocenters. The third-order valence-corrected chi connectivity index (χ3v) is 6.83. The Morgan fingerprint density at radius 2 is 1.74 bits per heavy atom. The molecule has 0 spiro atoms. The van der Waals surface area contributed by atoms with Gasteiger partial charge in [0.25, 0.3) is 0 Å². The standard InChI is InChI=1S/C26H29N7O2/c1-32-11-8-18(9-12-32)22-23-24(35-31-22)26(33-13-15-34-16-14-33)30-25(29-23)19-4-6-20(7-5-19)28-21-3-2-10-27-17-21/h2-7,10,17-18,28H,8-9,11-16H2,1H3. The number of likely N-dealkylation sites (tertiary alicyclic amines) is 1. The second-order valence-electron chi connectivity index (χ2n) is 9.24. The maximum atomic E-state index is 5.90. The summed E-state index contributed by atoms with van der Waals surface area (Å²) in [6.07, 6.45) is 5.67. The number of piperidine rings is 1. The summed E-state index contributed by atoms with van der Waals surface area (Å²) in [5, 5.41) is 7.90. The summed E-state index contributed by atoms with van der Waals surface area (Å²) in [5.41, 5.74) is 5.35. The van der Waals surface area contributed by atoms with Crippen molar-refractivity contribution in [2.75, 3.05) is 56.7 Å². The van der Waals surface area contributed by atoms with E-state index in [-0.39, 0.29) is 0 Å². The number of nitrogens with zero attached hydrogens (tertiary/aromatic N) is 6. The molecule has 0 saturated carbocycles. The number of morpholine rings is 1. The predicted octanol–water partition coefficient (Wildman–Crippen LogP) is 4.07. The molecule has 180 valence electrons. The van der Waals surface area contributed by atoms with E-state index < -0.39 is 0 Å². The van der Waals surface area contributed by atoms with Gasteiger partial charge in [-0.15, -0.1) is 0 Å². The first-order chi connectivity index (χ1) is 17.2. The quantitative estimate of drug-likeness (QED) is 0.462. The molecule has 35 heavy (non-hydrogen) atoms. The summed E-state index contributed by atoms with van der Waals surface area (Å²) in [4.78, 5) is 18.7. The summed E-state index contributed by atoms with van der Waals surface area (Å²) in [6, 6.07) is 12.1. The van der Waals surface area contributed by atoms with E-state index >= 15 is 0 Å². The summed E-state index contributed by atoms with van der Waals surface area (Å²) < 4.78 is 11.5. The lowest BCUT2D eigenvalue weighted by atomic mass is 9.93. The van der Waals surface area contributed by atoms with Crippen LogP contribution in [0.2, 0.25) is 0 Å². The number of ether oxygens (including phenoxy) is 1. The molecule has 9 heteroatoms. The summed E-state index contributed by atoms with van der Waals surface area (Å²) in [5.74, 6) is 1.83. The summed E-state index contributed by atoms with van der Waals surface area (Å²) >= 11 is 0. The highest BCUT2D eigenvalue weighted by molar-refractivity contribution is 5.88. The Morgan fingerprint density at radius 3 is 2.49 bits per heavy atom. The SMILES string of the molecule is CN1CCC(c2noc3c(N4CCOCC4)nc(-c4ccc(Nc5cccnc5)cc4)nc23)CC1. The molecule has 4 aromatic rings. The predicted molar refractivity (Wildman–Crippen MR) is 135 cm³/mol. The van der Waals surface area contributed by atoms with E-state index in [1.807, 2.05) is 36.4 Å². The fraction of sp³-hybridized carbons (Fsp3) is 0.385. The van der Waals surface area contributed by atoms with Crippen molar-refractivity contribution in [3.05, 3.63) is 54.5 Å². The summed E-state index contributed by atoms with van der Waals surface area (Å²) in [6.45, 7) is 4.99. The van der Waals surface area contributed by atoms with E-state index in [4.69, 9.17) is 19.2 Å². The van der Waals surface area contributed by atoms with Crippen LogP contribution in [0.15, 0.2) is 53.3 Å². The molecule has 0 bridgehead atoms. The fourth-order valence-electron chi connectivity index (χ4n) is 4.81. The highest BCUT2D eigenvalue weighted by atomic mass is 16.5. The van der Waals surface area contributed by atoms with Crippen LogP contribution in [-0.4, -0.2) is 71.4 Å². The van der Waals surface area contributed by atoms with E-state index in [1.165, 1.54) is 0 Å². The van der Waals surface area contributed by atoms with Crippen molar-refractivity contribution in [1.29, 1.82) is 0 Å². The van der Waals surface area contributed by atoms with Crippen molar-refractivity contribution < 1.29 is 9.26 Å². The number of aromatic nitrogens is 4. The lowest BCUT2D eigenvalue weighted by molar-refractivity contribution is 0.122. The van der Waals surface area contributed by atoms with Gasteiger partial charge < -0.3 is 24.4 Å². The molecule has 0 atom stereocenters. The second kappa shape index (κ2) is 9.59. The van der Waals surface area contributed by atoms with Gasteiger partial charge in [0.1, 0.15) is 11.2 Å². The van der Waals surface area contributed by atoms with Crippen LogP contribution in [0.4, 0.5) is 17.2 Å². The Morgan fingerprint density at radius 1 is 0.943 bits per heavy atom. The number of hydrogen-bond acceptors (Lipinski definition) is 9. The smallest absolute Gasteiger partial charge is 0.227 e. The van der Waals surface area contributed by atoms with Gasteiger partial charge in [0.15, 0.2) is 11.6 Å². The molecular weight excluding hydrogens is 442 g/mol. The Kier molecular flexibility index (Phi) is 6.01. The van der Waals surface area contributed by atoms with E-state index in [0.29, 0.717) is 30.5 Å². The molecular formula is C26H29N7O2. The molecule has 2 aliphatic rings. The van der Waals surface area contributed by atoms with Crippen LogP contribution in [0.25, 0.3) is 22.5 Å². The fourth-order valence-corrected chi connectivity index (χ4v) is 4.81. The lowest BCUT2D eigenvalue weighted by Crippen LogP contribution is -2.37. The first-order valence-corrected chi connectivity index (χ1v) is 12.2. The monoisotopic (exact) mass is 471 g/mol. The van der Waals surface area contributed by atoms with Crippen LogP contribution in [0.3, 0.4) is 0 Å². The molecule has 2 fully saturated rings. The molecule has 1 aromatic carbocycles. The number of rotatable bonds is 5. The number of fused-ring (bicyclic) bond motifs is 1. The molecule has 3 aromatic heterocycles. The molecule has 0 aliphatic carbocycles. The van der Waals surface area contributed by atoms with E-state index in [1.54, 1.807) is 12.4 Å². The van der Waals surface area contributed by atoms with Gasteiger partial charge in [-0.25, -0.2) is 9.97 Å². The second-order valence-corrected chi connectivity index (χ2v) is 9.24. The minimum Gasteiger partial charge on any atom is -0.378 e. The number of anilines is 3. The molecule has 9 nitrogen and oxygen atoms in total. The van der Waals surface area contributed by atoms with Crippen LogP contribution in [0.1, 0.15) is 24.5 Å². The lowest BCUT2D eigenvalue weighted by Gasteiger charge is -2.28. The van der Waals surface area contributed by atoms with Gasteiger partial charge in [0, 0.05) is 36.5 Å². The van der Waals surface area contributed by atoms with Gasteiger partial charge in [-0.05, 0) is 69.4 Å². The average Bonchev–Trinajstić information content (AvgIpc) is 3.34. The largest absolute Gasteiger partial charge is 0.378 e. The third kappa shape index (κ3) is 4.56. The minimum absolute atomic E-state index is 0.346. The van der Waals surface area contributed by atoms with Crippen LogP contribution in [0.5, 0.6) is 0 Å². The third-order valence-electron chi connectivity index (χ3n) is 6.83. The molecule has 2 saturated heterocycles. The van der Waals surface area contributed by atoms with Crippen LogP contribution >= 0.6 is 0 Å². The van der Waals surface area contributed by atoms with Gasteiger partial charge in [0.05, 0.1) is 25.1 Å². The molecule has 1 N–H and O–H groups in total. The van der Waals surface area contributed by atoms with Crippen LogP contribution in [0, 0.1) is 0 Å². The van der Waals surface area contributed by atoms with Gasteiger partial charge >= 0.3 is 0 Å². The molecule has 5 heterocycles. The topological polar surface area (TPSA) is 92.4 Å². The minimum atomic E-state index is 0.346. The van der Waals surface area contributed by atoms with Crippen molar-refractivity contribution in [1.82, 2.24) is 25.0 Å². The van der Waals surface area contributed by atoms with Gasteiger partial charge in [-0.1, -0.05) is 5.16 Å². The first-order valence-electron chi connectivity index (χ1n) is 12.2. The average molecular weight is 472 g/mol. The highest BCUT2D eigenvalue weighted by Crippen LogP contribution is 2.36. The van der Waals surface area contributed by atoms with Crippen molar-refractivity contribution in [2.24, 2.45) is 0 Å². The highest BCUT2D eigenvalue weighted by Gasteiger charge is 2.28. The van der Waals surface area contributed by atoms with Crippen molar-refractivity contribution in [2.45, 2.75) is 18.8 Å². The maximum Gasteiger partial charge on any atom is 0.227 e. The van der Waals surface area contributed by atoms with E-state index in [0.717, 1.165) is 73.0 Å². The Bertz CT molecular complexity index is 1280. The van der Waals surface area contributed by atoms with Gasteiger partial charge in [-0.3, -0.25) is 4.98 Å². The Hall–Kier alpha value is -3.56. The van der Waals surface area contributed by atoms with Gasteiger partial charge in [0.2, 0.25) is 5.58 Å². The number of hydrogen-bond donors (Lipinski definition) is 1.